The molecule has 2 aromatic rings. The van der Waals surface area contributed by atoms with E-state index in [1.807, 2.05) is 32.0 Å². The Hall–Kier alpha value is -2.29. The molecule has 1 aromatic carbocycles. The lowest BCUT2D eigenvalue weighted by atomic mass is 10.1. The molecular formula is C15H15NO2. The highest BCUT2D eigenvalue weighted by Crippen LogP contribution is 2.16. The van der Waals surface area contributed by atoms with Crippen LogP contribution in [-0.4, -0.2) is 5.91 Å². The molecule has 0 aliphatic heterocycles. The van der Waals surface area contributed by atoms with Crippen LogP contribution in [-0.2, 0) is 4.79 Å². The smallest absolute Gasteiger partial charge is 0.248 e. The summed E-state index contributed by atoms with van der Waals surface area (Å²) in [4.78, 5) is 11.7. The van der Waals surface area contributed by atoms with Crippen molar-refractivity contribution in [2.24, 2.45) is 0 Å². The average Bonchev–Trinajstić information content (AvgIpc) is 2.83. The minimum atomic E-state index is -0.168. The topological polar surface area (TPSA) is 42.2 Å². The first-order chi connectivity index (χ1) is 8.65. The van der Waals surface area contributed by atoms with E-state index in [-0.39, 0.29) is 5.91 Å². The zero-order chi connectivity index (χ0) is 13.0. The molecular weight excluding hydrogens is 226 g/mol. The predicted molar refractivity (Wildman–Crippen MR) is 72.3 cm³/mol. The number of hydrogen-bond donors (Lipinski definition) is 1. The third-order valence-corrected chi connectivity index (χ3v) is 2.58. The van der Waals surface area contributed by atoms with Gasteiger partial charge in [0.15, 0.2) is 0 Å². The molecule has 92 valence electrons. The number of aryl methyl sites for hydroxylation is 2. The molecule has 3 heteroatoms. The van der Waals surface area contributed by atoms with E-state index >= 15 is 0 Å². The highest BCUT2D eigenvalue weighted by Gasteiger charge is 2.01. The van der Waals surface area contributed by atoms with Gasteiger partial charge >= 0.3 is 0 Å². The summed E-state index contributed by atoms with van der Waals surface area (Å²) in [6.07, 6.45) is 4.67. The highest BCUT2D eigenvalue weighted by atomic mass is 16.3. The van der Waals surface area contributed by atoms with E-state index < -0.39 is 0 Å². The van der Waals surface area contributed by atoms with Crippen molar-refractivity contribution in [1.29, 1.82) is 0 Å². The molecule has 1 aromatic heterocycles. The Morgan fingerprint density at radius 3 is 2.78 bits per heavy atom. The van der Waals surface area contributed by atoms with Crippen molar-refractivity contribution in [1.82, 2.24) is 0 Å². The summed E-state index contributed by atoms with van der Waals surface area (Å²) in [5.74, 6) is 0.490. The van der Waals surface area contributed by atoms with Crippen molar-refractivity contribution in [3.8, 4) is 0 Å². The van der Waals surface area contributed by atoms with Crippen LogP contribution in [0.3, 0.4) is 0 Å². The van der Waals surface area contributed by atoms with Crippen LogP contribution in [0.2, 0.25) is 0 Å². The van der Waals surface area contributed by atoms with Crippen LogP contribution in [0.5, 0.6) is 0 Å². The lowest BCUT2D eigenvalue weighted by Crippen LogP contribution is -2.08. The number of carbonyl (C=O) groups is 1. The third kappa shape index (κ3) is 3.10. The molecule has 1 heterocycles. The maximum Gasteiger partial charge on any atom is 0.248 e. The summed E-state index contributed by atoms with van der Waals surface area (Å²) in [5, 5.41) is 2.83. The van der Waals surface area contributed by atoms with Gasteiger partial charge in [0.25, 0.3) is 0 Å². The van der Waals surface area contributed by atoms with Gasteiger partial charge in [-0.15, -0.1) is 0 Å². The minimum Gasteiger partial charge on any atom is -0.465 e. The zero-order valence-electron chi connectivity index (χ0n) is 10.4. The van der Waals surface area contributed by atoms with E-state index in [2.05, 4.69) is 5.32 Å². The lowest BCUT2D eigenvalue weighted by molar-refractivity contribution is -0.111. The van der Waals surface area contributed by atoms with Gasteiger partial charge in [0.2, 0.25) is 5.91 Å². The summed E-state index contributed by atoms with van der Waals surface area (Å²) in [7, 11) is 0. The minimum absolute atomic E-state index is 0.168. The standard InChI is InChI=1S/C15H15NO2/c1-11-5-7-14(12(2)10-11)16-15(17)8-6-13-4-3-9-18-13/h3-10H,1-2H3,(H,16,17). The summed E-state index contributed by atoms with van der Waals surface area (Å²) in [6.45, 7) is 3.99. The second-order valence-electron chi connectivity index (χ2n) is 4.16. The molecule has 0 aliphatic rings. The van der Waals surface area contributed by atoms with Crippen LogP contribution in [0.15, 0.2) is 47.1 Å². The number of rotatable bonds is 3. The Labute approximate surface area is 106 Å². The van der Waals surface area contributed by atoms with Crippen LogP contribution in [0, 0.1) is 13.8 Å². The maximum absolute atomic E-state index is 11.7. The van der Waals surface area contributed by atoms with Crippen LogP contribution < -0.4 is 5.32 Å². The molecule has 1 N–H and O–H groups in total. The van der Waals surface area contributed by atoms with Crippen molar-refractivity contribution in [3.05, 3.63) is 59.6 Å². The monoisotopic (exact) mass is 241 g/mol. The molecule has 3 nitrogen and oxygen atoms in total. The number of hydrogen-bond acceptors (Lipinski definition) is 2. The maximum atomic E-state index is 11.7. The predicted octanol–water partition coefficient (Wildman–Crippen LogP) is 3.55. The van der Waals surface area contributed by atoms with E-state index in [9.17, 15) is 4.79 Å². The van der Waals surface area contributed by atoms with Gasteiger partial charge in [-0.3, -0.25) is 4.79 Å². The van der Waals surface area contributed by atoms with E-state index in [0.29, 0.717) is 5.76 Å². The number of anilines is 1. The third-order valence-electron chi connectivity index (χ3n) is 2.58. The largest absolute Gasteiger partial charge is 0.465 e. The molecule has 0 bridgehead atoms. The van der Waals surface area contributed by atoms with Gasteiger partial charge in [0.05, 0.1) is 6.26 Å². The molecule has 0 atom stereocenters. The molecule has 0 radical (unpaired) electrons. The SMILES string of the molecule is Cc1ccc(NC(=O)C=Cc2ccco2)c(C)c1. The molecule has 1 amide bonds. The summed E-state index contributed by atoms with van der Waals surface area (Å²) in [5.41, 5.74) is 3.06. The lowest BCUT2D eigenvalue weighted by Gasteiger charge is -2.06. The van der Waals surface area contributed by atoms with Gasteiger partial charge < -0.3 is 9.73 Å². The number of benzene rings is 1. The molecule has 0 spiro atoms. The van der Waals surface area contributed by atoms with Gasteiger partial charge in [-0.05, 0) is 43.7 Å². The average molecular weight is 241 g/mol. The molecule has 2 rings (SSSR count). The van der Waals surface area contributed by atoms with Gasteiger partial charge in [-0.2, -0.15) is 0 Å². The Morgan fingerprint density at radius 2 is 2.11 bits per heavy atom. The van der Waals surface area contributed by atoms with E-state index in [1.54, 1.807) is 24.5 Å². The zero-order valence-corrected chi connectivity index (χ0v) is 10.4. The Bertz CT molecular complexity index is 568. The van der Waals surface area contributed by atoms with Crippen molar-refractivity contribution in [2.45, 2.75) is 13.8 Å². The van der Waals surface area contributed by atoms with Crippen LogP contribution in [0.25, 0.3) is 6.08 Å². The highest BCUT2D eigenvalue weighted by molar-refractivity contribution is 6.02. The fraction of sp³-hybridized carbons (Fsp3) is 0.133. The number of amides is 1. The van der Waals surface area contributed by atoms with Crippen molar-refractivity contribution >= 4 is 17.7 Å². The first kappa shape index (κ1) is 12.2. The number of nitrogens with one attached hydrogen (secondary N) is 1. The van der Waals surface area contributed by atoms with Crippen LogP contribution in [0.4, 0.5) is 5.69 Å². The van der Waals surface area contributed by atoms with Gasteiger partial charge in [0, 0.05) is 11.8 Å². The number of carbonyl (C=O) groups excluding carboxylic acids is 1. The van der Waals surface area contributed by atoms with Crippen LogP contribution >= 0.6 is 0 Å². The Kier molecular flexibility index (Phi) is 3.63. The Morgan fingerprint density at radius 1 is 1.28 bits per heavy atom. The molecule has 0 aliphatic carbocycles. The second kappa shape index (κ2) is 5.36. The molecule has 0 fully saturated rings. The van der Waals surface area contributed by atoms with E-state index in [1.165, 1.54) is 11.6 Å². The molecule has 0 saturated heterocycles. The number of furan rings is 1. The van der Waals surface area contributed by atoms with E-state index in [4.69, 9.17) is 4.42 Å². The first-order valence-corrected chi connectivity index (χ1v) is 5.75. The van der Waals surface area contributed by atoms with E-state index in [0.717, 1.165) is 11.3 Å². The molecule has 0 unspecified atom stereocenters. The second-order valence-corrected chi connectivity index (χ2v) is 4.16. The van der Waals surface area contributed by atoms with Gasteiger partial charge in [-0.1, -0.05) is 17.7 Å². The van der Waals surface area contributed by atoms with Crippen molar-refractivity contribution in [3.63, 3.8) is 0 Å². The summed E-state index contributed by atoms with van der Waals surface area (Å²) in [6, 6.07) is 9.48. The fourth-order valence-electron chi connectivity index (χ4n) is 1.67. The molecule has 0 saturated carbocycles. The van der Waals surface area contributed by atoms with Gasteiger partial charge in [-0.25, -0.2) is 0 Å². The molecule has 18 heavy (non-hydrogen) atoms. The summed E-state index contributed by atoms with van der Waals surface area (Å²) >= 11 is 0. The van der Waals surface area contributed by atoms with Crippen molar-refractivity contribution in [2.75, 3.05) is 5.32 Å². The first-order valence-electron chi connectivity index (χ1n) is 5.75. The fourth-order valence-corrected chi connectivity index (χ4v) is 1.67. The quantitative estimate of drug-likeness (QED) is 0.835. The van der Waals surface area contributed by atoms with Crippen LogP contribution in [0.1, 0.15) is 16.9 Å². The van der Waals surface area contributed by atoms with Gasteiger partial charge in [0.1, 0.15) is 5.76 Å². The normalized spacial score (nSPS) is 10.8. The van der Waals surface area contributed by atoms with Crippen molar-refractivity contribution < 1.29 is 9.21 Å². The summed E-state index contributed by atoms with van der Waals surface area (Å²) < 4.78 is 5.11. The Balaban J connectivity index is 2.03.